The van der Waals surface area contributed by atoms with Gasteiger partial charge in [0.2, 0.25) is 0 Å². The number of halogens is 3. The predicted molar refractivity (Wildman–Crippen MR) is 68.5 cm³/mol. The first-order chi connectivity index (χ1) is 9.36. The van der Waals surface area contributed by atoms with Gasteiger partial charge in [-0.15, -0.1) is 0 Å². The molecule has 0 spiro atoms. The first-order valence-electron chi connectivity index (χ1n) is 5.98. The molecular formula is C15H12F3NO. The fourth-order valence-electron chi connectivity index (χ4n) is 1.82. The van der Waals surface area contributed by atoms with Crippen molar-refractivity contribution in [2.45, 2.75) is 19.5 Å². The van der Waals surface area contributed by atoms with Gasteiger partial charge in [-0.05, 0) is 36.8 Å². The number of carbonyl (C=O) groups is 1. The van der Waals surface area contributed by atoms with E-state index < -0.39 is 11.7 Å². The predicted octanol–water partition coefficient (Wildman–Crippen LogP) is 3.83. The molecule has 0 fully saturated rings. The maximum absolute atomic E-state index is 12.4. The van der Waals surface area contributed by atoms with Crippen molar-refractivity contribution in [3.63, 3.8) is 0 Å². The Morgan fingerprint density at radius 2 is 1.80 bits per heavy atom. The number of rotatable bonds is 3. The second kappa shape index (κ2) is 5.45. The van der Waals surface area contributed by atoms with E-state index in [1.165, 1.54) is 18.3 Å². The van der Waals surface area contributed by atoms with E-state index in [2.05, 4.69) is 4.98 Å². The lowest BCUT2D eigenvalue weighted by molar-refractivity contribution is -0.137. The zero-order valence-corrected chi connectivity index (χ0v) is 10.7. The number of hydrogen-bond acceptors (Lipinski definition) is 2. The van der Waals surface area contributed by atoms with Crippen molar-refractivity contribution in [2.24, 2.45) is 0 Å². The molecule has 1 aromatic heterocycles. The van der Waals surface area contributed by atoms with Gasteiger partial charge in [0, 0.05) is 23.9 Å². The van der Waals surface area contributed by atoms with Crippen LogP contribution in [0.25, 0.3) is 0 Å². The quantitative estimate of drug-likeness (QED) is 0.799. The highest BCUT2D eigenvalue weighted by molar-refractivity contribution is 5.97. The summed E-state index contributed by atoms with van der Waals surface area (Å²) < 4.78 is 37.3. The first-order valence-corrected chi connectivity index (χ1v) is 5.98. The number of benzene rings is 1. The van der Waals surface area contributed by atoms with E-state index in [0.717, 1.165) is 17.8 Å². The van der Waals surface area contributed by atoms with Crippen molar-refractivity contribution in [2.75, 3.05) is 0 Å². The van der Waals surface area contributed by atoms with E-state index in [1.807, 2.05) is 0 Å². The van der Waals surface area contributed by atoms with Crippen LogP contribution in [0.15, 0.2) is 42.6 Å². The van der Waals surface area contributed by atoms with Crippen LogP contribution in [0.2, 0.25) is 0 Å². The Morgan fingerprint density at radius 1 is 1.15 bits per heavy atom. The number of ketones is 1. The van der Waals surface area contributed by atoms with E-state index in [0.29, 0.717) is 11.1 Å². The van der Waals surface area contributed by atoms with Crippen molar-refractivity contribution >= 4 is 5.78 Å². The highest BCUT2D eigenvalue weighted by Gasteiger charge is 2.29. The number of Topliss-reactive ketones (excluding diaryl/α,β-unsaturated/α-hetero) is 1. The summed E-state index contributed by atoms with van der Waals surface area (Å²) in [5.74, 6) is -0.143. The first kappa shape index (κ1) is 14.2. The molecule has 0 atom stereocenters. The molecule has 0 radical (unpaired) electrons. The van der Waals surface area contributed by atoms with Gasteiger partial charge in [-0.3, -0.25) is 9.78 Å². The zero-order valence-electron chi connectivity index (χ0n) is 10.7. The summed E-state index contributed by atoms with van der Waals surface area (Å²) >= 11 is 0. The summed E-state index contributed by atoms with van der Waals surface area (Å²) in [6, 6.07) is 7.89. The van der Waals surface area contributed by atoms with E-state index >= 15 is 0 Å². The fourth-order valence-corrected chi connectivity index (χ4v) is 1.82. The van der Waals surface area contributed by atoms with Crippen molar-refractivity contribution < 1.29 is 18.0 Å². The minimum Gasteiger partial charge on any atom is -0.294 e. The van der Waals surface area contributed by atoms with Gasteiger partial charge in [0.1, 0.15) is 0 Å². The van der Waals surface area contributed by atoms with Crippen LogP contribution < -0.4 is 0 Å². The SMILES string of the molecule is Cc1cc(C(=O)Cc2ccc(C(F)(F)F)cc2)ccn1. The lowest BCUT2D eigenvalue weighted by Crippen LogP contribution is -2.07. The Morgan fingerprint density at radius 3 is 2.35 bits per heavy atom. The van der Waals surface area contributed by atoms with Crippen LogP contribution >= 0.6 is 0 Å². The molecule has 0 saturated heterocycles. The lowest BCUT2D eigenvalue weighted by atomic mass is 10.0. The van der Waals surface area contributed by atoms with Gasteiger partial charge in [0.15, 0.2) is 5.78 Å². The maximum atomic E-state index is 12.4. The third-order valence-electron chi connectivity index (χ3n) is 2.86. The second-order valence-electron chi connectivity index (χ2n) is 4.48. The van der Waals surface area contributed by atoms with Gasteiger partial charge in [-0.1, -0.05) is 12.1 Å². The summed E-state index contributed by atoms with van der Waals surface area (Å²) in [6.07, 6.45) is -2.75. The summed E-state index contributed by atoms with van der Waals surface area (Å²) in [5.41, 5.74) is 1.08. The molecule has 0 aliphatic rings. The number of aryl methyl sites for hydroxylation is 1. The molecule has 0 aliphatic heterocycles. The Hall–Kier alpha value is -2.17. The van der Waals surface area contributed by atoms with Crippen LogP contribution in [0.3, 0.4) is 0 Å². The van der Waals surface area contributed by atoms with Gasteiger partial charge in [0.05, 0.1) is 5.56 Å². The molecular weight excluding hydrogens is 267 g/mol. The van der Waals surface area contributed by atoms with Crippen molar-refractivity contribution in [3.05, 3.63) is 65.0 Å². The normalized spacial score (nSPS) is 11.4. The molecule has 0 amide bonds. The zero-order chi connectivity index (χ0) is 14.8. The molecule has 2 rings (SSSR count). The highest BCUT2D eigenvalue weighted by atomic mass is 19.4. The Balaban J connectivity index is 2.12. The molecule has 1 aromatic carbocycles. The summed E-state index contributed by atoms with van der Waals surface area (Å²) in [6.45, 7) is 1.77. The molecule has 20 heavy (non-hydrogen) atoms. The number of hydrogen-bond donors (Lipinski definition) is 0. The molecule has 0 bridgehead atoms. The van der Waals surface area contributed by atoms with Crippen LogP contribution in [0.5, 0.6) is 0 Å². The molecule has 5 heteroatoms. The summed E-state index contributed by atoms with van der Waals surface area (Å²) in [5, 5.41) is 0. The van der Waals surface area contributed by atoms with Gasteiger partial charge in [0.25, 0.3) is 0 Å². The molecule has 104 valence electrons. The number of aromatic nitrogens is 1. The van der Waals surface area contributed by atoms with Gasteiger partial charge in [-0.2, -0.15) is 13.2 Å². The fraction of sp³-hybridized carbons (Fsp3) is 0.200. The minimum atomic E-state index is -4.36. The molecule has 0 unspecified atom stereocenters. The molecule has 2 nitrogen and oxygen atoms in total. The number of nitrogens with zero attached hydrogens (tertiary/aromatic N) is 1. The molecule has 0 aliphatic carbocycles. The summed E-state index contributed by atoms with van der Waals surface area (Å²) in [4.78, 5) is 16.0. The van der Waals surface area contributed by atoms with Crippen LogP contribution in [0, 0.1) is 6.92 Å². The van der Waals surface area contributed by atoms with E-state index in [1.54, 1.807) is 19.1 Å². The van der Waals surface area contributed by atoms with Gasteiger partial charge >= 0.3 is 6.18 Å². The van der Waals surface area contributed by atoms with Crippen LogP contribution in [-0.2, 0) is 12.6 Å². The van der Waals surface area contributed by atoms with E-state index in [4.69, 9.17) is 0 Å². The number of pyridine rings is 1. The average Bonchev–Trinajstić information content (AvgIpc) is 2.38. The molecule has 1 heterocycles. The van der Waals surface area contributed by atoms with Crippen LogP contribution in [0.1, 0.15) is 27.2 Å². The molecule has 2 aromatic rings. The summed E-state index contributed by atoms with van der Waals surface area (Å²) in [7, 11) is 0. The third-order valence-corrected chi connectivity index (χ3v) is 2.86. The topological polar surface area (TPSA) is 30.0 Å². The maximum Gasteiger partial charge on any atom is 0.416 e. The molecule has 0 N–H and O–H groups in total. The van der Waals surface area contributed by atoms with E-state index in [9.17, 15) is 18.0 Å². The lowest BCUT2D eigenvalue weighted by Gasteiger charge is -2.07. The van der Waals surface area contributed by atoms with E-state index in [-0.39, 0.29) is 12.2 Å². The average molecular weight is 279 g/mol. The van der Waals surface area contributed by atoms with Crippen molar-refractivity contribution in [1.82, 2.24) is 4.98 Å². The highest BCUT2D eigenvalue weighted by Crippen LogP contribution is 2.29. The Labute approximate surface area is 114 Å². The monoisotopic (exact) mass is 279 g/mol. The van der Waals surface area contributed by atoms with Crippen molar-refractivity contribution in [3.8, 4) is 0 Å². The Bertz CT molecular complexity index is 618. The molecule has 0 saturated carbocycles. The number of alkyl halides is 3. The largest absolute Gasteiger partial charge is 0.416 e. The van der Waals surface area contributed by atoms with Crippen molar-refractivity contribution in [1.29, 1.82) is 0 Å². The third kappa shape index (κ3) is 3.44. The van der Waals surface area contributed by atoms with Crippen LogP contribution in [0.4, 0.5) is 13.2 Å². The smallest absolute Gasteiger partial charge is 0.294 e. The van der Waals surface area contributed by atoms with Gasteiger partial charge < -0.3 is 0 Å². The van der Waals surface area contributed by atoms with Gasteiger partial charge in [-0.25, -0.2) is 0 Å². The minimum absolute atomic E-state index is 0.0710. The number of carbonyl (C=O) groups excluding carboxylic acids is 1. The van der Waals surface area contributed by atoms with Crippen LogP contribution in [-0.4, -0.2) is 10.8 Å². The standard InChI is InChI=1S/C15H12F3NO/c1-10-8-12(6-7-19-10)14(20)9-11-2-4-13(5-3-11)15(16,17)18/h2-8H,9H2,1H3. The Kier molecular flexibility index (Phi) is 3.88. The second-order valence-corrected chi connectivity index (χ2v) is 4.48.